The molecule has 3 rings (SSSR count). The second-order valence-electron chi connectivity index (χ2n) is 6.21. The van der Waals surface area contributed by atoms with E-state index >= 15 is 0 Å². The first-order chi connectivity index (χ1) is 10.1. The second kappa shape index (κ2) is 5.73. The number of piperidine rings is 1. The molecular formula is C14H21N3O4. The minimum absolute atomic E-state index is 0.118. The first-order valence-electron chi connectivity index (χ1n) is 7.49. The predicted octanol–water partition coefficient (Wildman–Crippen LogP) is -1.03. The highest BCUT2D eigenvalue weighted by Gasteiger charge is 2.40. The standard InChI is InChI=1S/C14H21N3O4/c18-11(6-17-12(19)7-21-8-13(17)20)16-5-1-2-14(10-16)3-4-15-9-14/h15H,1-10H2/t14-/m0/s1. The molecule has 3 aliphatic rings. The van der Waals surface area contributed by atoms with Crippen LogP contribution in [0.4, 0.5) is 0 Å². The molecule has 3 fully saturated rings. The van der Waals surface area contributed by atoms with Gasteiger partial charge in [-0.25, -0.2) is 0 Å². The number of rotatable bonds is 2. The fraction of sp³-hybridized carbons (Fsp3) is 0.786. The van der Waals surface area contributed by atoms with E-state index < -0.39 is 11.8 Å². The molecule has 1 spiro atoms. The molecule has 3 saturated heterocycles. The average molecular weight is 295 g/mol. The maximum absolute atomic E-state index is 12.4. The third-order valence-electron chi connectivity index (χ3n) is 4.69. The Hall–Kier alpha value is -1.47. The summed E-state index contributed by atoms with van der Waals surface area (Å²) in [5.41, 5.74) is 0.187. The molecule has 0 aromatic carbocycles. The molecule has 0 aliphatic carbocycles. The van der Waals surface area contributed by atoms with E-state index in [2.05, 4.69) is 5.32 Å². The van der Waals surface area contributed by atoms with Gasteiger partial charge in [0.15, 0.2) is 0 Å². The molecule has 116 valence electrons. The Bertz CT molecular complexity index is 443. The minimum Gasteiger partial charge on any atom is -0.362 e. The maximum atomic E-state index is 12.4. The van der Waals surface area contributed by atoms with Crippen LogP contribution >= 0.6 is 0 Å². The van der Waals surface area contributed by atoms with Gasteiger partial charge in [0.05, 0.1) is 0 Å². The van der Waals surface area contributed by atoms with Crippen LogP contribution in [0.2, 0.25) is 0 Å². The first kappa shape index (κ1) is 14.5. The highest BCUT2D eigenvalue weighted by atomic mass is 16.5. The quantitative estimate of drug-likeness (QED) is 0.659. The third kappa shape index (κ3) is 2.94. The summed E-state index contributed by atoms with van der Waals surface area (Å²) in [5, 5.41) is 3.36. The van der Waals surface area contributed by atoms with Crippen molar-refractivity contribution in [2.24, 2.45) is 5.41 Å². The fourth-order valence-corrected chi connectivity index (χ4v) is 3.50. The molecule has 0 bridgehead atoms. The van der Waals surface area contributed by atoms with Crippen LogP contribution < -0.4 is 5.32 Å². The van der Waals surface area contributed by atoms with Crippen LogP contribution in [0.3, 0.4) is 0 Å². The number of carbonyl (C=O) groups is 3. The number of likely N-dealkylation sites (tertiary alicyclic amines) is 1. The largest absolute Gasteiger partial charge is 0.362 e. The van der Waals surface area contributed by atoms with Crippen molar-refractivity contribution >= 4 is 17.7 Å². The predicted molar refractivity (Wildman–Crippen MR) is 73.3 cm³/mol. The van der Waals surface area contributed by atoms with Crippen LogP contribution in [0.15, 0.2) is 0 Å². The lowest BCUT2D eigenvalue weighted by Crippen LogP contribution is -2.54. The Morgan fingerprint density at radius 2 is 2.00 bits per heavy atom. The van der Waals surface area contributed by atoms with Crippen LogP contribution in [0, 0.1) is 5.41 Å². The number of ether oxygens (including phenoxy) is 1. The van der Waals surface area contributed by atoms with E-state index in [1.165, 1.54) is 0 Å². The van der Waals surface area contributed by atoms with Crippen molar-refractivity contribution in [3.63, 3.8) is 0 Å². The molecule has 1 N–H and O–H groups in total. The summed E-state index contributed by atoms with van der Waals surface area (Å²) in [6, 6.07) is 0. The third-order valence-corrected chi connectivity index (χ3v) is 4.69. The molecule has 3 aliphatic heterocycles. The lowest BCUT2D eigenvalue weighted by atomic mass is 9.79. The minimum atomic E-state index is -0.422. The average Bonchev–Trinajstić information content (AvgIpc) is 2.91. The summed E-state index contributed by atoms with van der Waals surface area (Å²) in [7, 11) is 0. The number of hydrogen-bond acceptors (Lipinski definition) is 5. The summed E-state index contributed by atoms with van der Waals surface area (Å²) in [6.45, 7) is 3.01. The molecule has 21 heavy (non-hydrogen) atoms. The number of nitrogens with zero attached hydrogens (tertiary/aromatic N) is 2. The first-order valence-corrected chi connectivity index (χ1v) is 7.49. The Morgan fingerprint density at radius 3 is 2.67 bits per heavy atom. The van der Waals surface area contributed by atoms with Crippen molar-refractivity contribution in [2.75, 3.05) is 45.9 Å². The SMILES string of the molecule is O=C(CN1C(=O)COCC1=O)N1CCC[C@@]2(CCNC2)C1. The number of imide groups is 1. The van der Waals surface area contributed by atoms with Gasteiger partial charge in [-0.3, -0.25) is 19.3 Å². The van der Waals surface area contributed by atoms with Gasteiger partial charge in [-0.1, -0.05) is 0 Å². The lowest BCUT2D eigenvalue weighted by molar-refractivity contribution is -0.162. The lowest BCUT2D eigenvalue weighted by Gasteiger charge is -2.40. The zero-order valence-electron chi connectivity index (χ0n) is 12.1. The normalized spacial score (nSPS) is 30.3. The summed E-state index contributed by atoms with van der Waals surface area (Å²) < 4.78 is 4.85. The molecule has 3 heterocycles. The zero-order chi connectivity index (χ0) is 14.9. The van der Waals surface area contributed by atoms with E-state index in [1.807, 2.05) is 4.90 Å². The molecule has 0 aromatic heterocycles. The summed E-state index contributed by atoms with van der Waals surface area (Å²) >= 11 is 0. The number of nitrogens with one attached hydrogen (secondary N) is 1. The van der Waals surface area contributed by atoms with E-state index in [-0.39, 0.29) is 31.1 Å². The summed E-state index contributed by atoms with van der Waals surface area (Å²) in [5.74, 6) is -0.979. The molecule has 0 saturated carbocycles. The van der Waals surface area contributed by atoms with Gasteiger partial charge in [0.2, 0.25) is 5.91 Å². The molecule has 0 unspecified atom stereocenters. The van der Waals surface area contributed by atoms with Crippen molar-refractivity contribution in [1.82, 2.24) is 15.1 Å². The van der Waals surface area contributed by atoms with E-state index in [1.54, 1.807) is 0 Å². The fourth-order valence-electron chi connectivity index (χ4n) is 3.50. The van der Waals surface area contributed by atoms with Gasteiger partial charge in [-0.05, 0) is 25.8 Å². The molecule has 7 nitrogen and oxygen atoms in total. The topological polar surface area (TPSA) is 79.0 Å². The Morgan fingerprint density at radius 1 is 1.24 bits per heavy atom. The molecule has 0 aromatic rings. The zero-order valence-corrected chi connectivity index (χ0v) is 12.1. The Labute approximate surface area is 123 Å². The Kier molecular flexibility index (Phi) is 3.95. The van der Waals surface area contributed by atoms with Crippen molar-refractivity contribution < 1.29 is 19.1 Å². The van der Waals surface area contributed by atoms with E-state index in [9.17, 15) is 14.4 Å². The Balaban J connectivity index is 1.62. The second-order valence-corrected chi connectivity index (χ2v) is 6.21. The molecule has 0 radical (unpaired) electrons. The highest BCUT2D eigenvalue weighted by molar-refractivity contribution is 6.01. The van der Waals surface area contributed by atoms with Gasteiger partial charge >= 0.3 is 0 Å². The van der Waals surface area contributed by atoms with E-state index in [4.69, 9.17) is 4.74 Å². The van der Waals surface area contributed by atoms with Crippen LogP contribution in [-0.4, -0.2) is 73.5 Å². The number of amides is 3. The van der Waals surface area contributed by atoms with Gasteiger partial charge in [0.1, 0.15) is 19.8 Å². The van der Waals surface area contributed by atoms with Gasteiger partial charge in [0.25, 0.3) is 11.8 Å². The maximum Gasteiger partial charge on any atom is 0.255 e. The summed E-state index contributed by atoms with van der Waals surface area (Å²) in [6.07, 6.45) is 3.21. The number of carbonyl (C=O) groups excluding carboxylic acids is 3. The molecule has 1 atom stereocenters. The smallest absolute Gasteiger partial charge is 0.255 e. The summed E-state index contributed by atoms with van der Waals surface area (Å²) in [4.78, 5) is 38.6. The van der Waals surface area contributed by atoms with Gasteiger partial charge in [-0.15, -0.1) is 0 Å². The van der Waals surface area contributed by atoms with Gasteiger partial charge < -0.3 is 15.0 Å². The van der Waals surface area contributed by atoms with E-state index in [0.29, 0.717) is 6.54 Å². The van der Waals surface area contributed by atoms with Crippen LogP contribution in [0.5, 0.6) is 0 Å². The van der Waals surface area contributed by atoms with Crippen LogP contribution in [0.25, 0.3) is 0 Å². The number of morpholine rings is 1. The van der Waals surface area contributed by atoms with Crippen molar-refractivity contribution in [3.05, 3.63) is 0 Å². The van der Waals surface area contributed by atoms with Gasteiger partial charge in [0, 0.05) is 25.0 Å². The van der Waals surface area contributed by atoms with Crippen molar-refractivity contribution in [2.45, 2.75) is 19.3 Å². The van der Waals surface area contributed by atoms with Crippen LogP contribution in [-0.2, 0) is 19.1 Å². The molecule has 3 amide bonds. The van der Waals surface area contributed by atoms with Gasteiger partial charge in [-0.2, -0.15) is 0 Å². The molecular weight excluding hydrogens is 274 g/mol. The monoisotopic (exact) mass is 295 g/mol. The molecule has 7 heteroatoms. The van der Waals surface area contributed by atoms with Crippen LogP contribution in [0.1, 0.15) is 19.3 Å². The van der Waals surface area contributed by atoms with Crippen molar-refractivity contribution in [1.29, 1.82) is 0 Å². The highest BCUT2D eigenvalue weighted by Crippen LogP contribution is 2.35. The number of hydrogen-bond donors (Lipinski definition) is 1. The van der Waals surface area contributed by atoms with Crippen molar-refractivity contribution in [3.8, 4) is 0 Å². The van der Waals surface area contributed by atoms with E-state index in [0.717, 1.165) is 43.8 Å².